The standard InChI is InChI=1S/C33H43N3O4S/c1-25(2)23-34-33(38)31(22-28-10-7-6-8-11-28)35(24-29-17-13-26(3)14-18-29)32(37)12-9-21-36(41(5,39)40)30-19-15-27(4)16-20-30/h6-8,10-11,13-20,25,31H,9,12,21-24H2,1-5H3,(H,34,38)/t31-/m0/s1. The molecule has 0 saturated heterocycles. The molecule has 0 fully saturated rings. The van der Waals surface area contributed by atoms with Crippen molar-refractivity contribution in [2.24, 2.45) is 5.92 Å². The summed E-state index contributed by atoms with van der Waals surface area (Å²) in [5.41, 5.74) is 4.60. The number of nitrogens with one attached hydrogen (secondary N) is 1. The molecule has 0 spiro atoms. The summed E-state index contributed by atoms with van der Waals surface area (Å²) in [6, 6.07) is 24.2. The fourth-order valence-corrected chi connectivity index (χ4v) is 5.55. The highest BCUT2D eigenvalue weighted by Crippen LogP contribution is 2.21. The van der Waals surface area contributed by atoms with Crippen LogP contribution in [0, 0.1) is 19.8 Å². The minimum absolute atomic E-state index is 0.104. The quantitative estimate of drug-likeness (QED) is 0.283. The van der Waals surface area contributed by atoms with E-state index in [0.29, 0.717) is 25.1 Å². The van der Waals surface area contributed by atoms with Gasteiger partial charge in [0.1, 0.15) is 6.04 Å². The summed E-state index contributed by atoms with van der Waals surface area (Å²) in [5.74, 6) is -0.120. The number of carbonyl (C=O) groups is 2. The van der Waals surface area contributed by atoms with Crippen LogP contribution in [0.1, 0.15) is 48.9 Å². The average molecular weight is 578 g/mol. The highest BCUT2D eigenvalue weighted by atomic mass is 32.2. The van der Waals surface area contributed by atoms with Gasteiger partial charge in [-0.1, -0.05) is 91.7 Å². The number of hydrogen-bond acceptors (Lipinski definition) is 4. The summed E-state index contributed by atoms with van der Waals surface area (Å²) in [4.78, 5) is 29.1. The summed E-state index contributed by atoms with van der Waals surface area (Å²) in [5, 5.41) is 3.03. The highest BCUT2D eigenvalue weighted by molar-refractivity contribution is 7.92. The first-order valence-electron chi connectivity index (χ1n) is 14.1. The SMILES string of the molecule is Cc1ccc(CN(C(=O)CCCN(c2ccc(C)cc2)S(C)(=O)=O)[C@@H](Cc2ccccc2)C(=O)NCC(C)C)cc1. The van der Waals surface area contributed by atoms with E-state index >= 15 is 0 Å². The molecule has 0 bridgehead atoms. The van der Waals surface area contributed by atoms with E-state index in [4.69, 9.17) is 0 Å². The molecule has 7 nitrogen and oxygen atoms in total. The van der Waals surface area contributed by atoms with Gasteiger partial charge in [0.15, 0.2) is 0 Å². The number of carbonyl (C=O) groups excluding carboxylic acids is 2. The third-order valence-corrected chi connectivity index (χ3v) is 8.10. The van der Waals surface area contributed by atoms with E-state index in [1.807, 2.05) is 94.4 Å². The number of hydrogen-bond donors (Lipinski definition) is 1. The first-order chi connectivity index (χ1) is 19.4. The zero-order chi connectivity index (χ0) is 30.0. The predicted molar refractivity (Wildman–Crippen MR) is 166 cm³/mol. The Morgan fingerprint density at radius 3 is 1.98 bits per heavy atom. The first-order valence-corrected chi connectivity index (χ1v) is 16.0. The van der Waals surface area contributed by atoms with E-state index < -0.39 is 16.1 Å². The molecule has 0 radical (unpaired) electrons. The van der Waals surface area contributed by atoms with Gasteiger partial charge >= 0.3 is 0 Å². The Kier molecular flexibility index (Phi) is 11.5. The normalized spacial score (nSPS) is 12.1. The van der Waals surface area contributed by atoms with Gasteiger partial charge in [-0.15, -0.1) is 0 Å². The lowest BCUT2D eigenvalue weighted by molar-refractivity contribution is -0.141. The first kappa shape index (κ1) is 31.9. The van der Waals surface area contributed by atoms with E-state index in [-0.39, 0.29) is 37.2 Å². The van der Waals surface area contributed by atoms with Gasteiger partial charge in [-0.25, -0.2) is 8.42 Å². The monoisotopic (exact) mass is 577 g/mol. The molecule has 0 aliphatic heterocycles. The van der Waals surface area contributed by atoms with E-state index in [1.54, 1.807) is 17.0 Å². The molecule has 41 heavy (non-hydrogen) atoms. The molecule has 1 atom stereocenters. The Hall–Kier alpha value is -3.65. The van der Waals surface area contributed by atoms with Crippen LogP contribution >= 0.6 is 0 Å². The van der Waals surface area contributed by atoms with Crippen molar-refractivity contribution >= 4 is 27.5 Å². The maximum atomic E-state index is 13.9. The van der Waals surface area contributed by atoms with E-state index in [9.17, 15) is 18.0 Å². The summed E-state index contributed by atoms with van der Waals surface area (Å²) in [7, 11) is -3.54. The number of anilines is 1. The van der Waals surface area contributed by atoms with Gasteiger partial charge in [-0.3, -0.25) is 13.9 Å². The van der Waals surface area contributed by atoms with Crippen LogP contribution in [-0.4, -0.2) is 50.5 Å². The van der Waals surface area contributed by atoms with Crippen molar-refractivity contribution in [3.63, 3.8) is 0 Å². The number of aryl methyl sites for hydroxylation is 2. The summed E-state index contributed by atoms with van der Waals surface area (Å²) < 4.78 is 26.5. The zero-order valence-electron chi connectivity index (χ0n) is 24.8. The fourth-order valence-electron chi connectivity index (χ4n) is 4.58. The van der Waals surface area contributed by atoms with Crippen LogP contribution in [0.2, 0.25) is 0 Å². The number of amides is 2. The third-order valence-electron chi connectivity index (χ3n) is 6.90. The van der Waals surface area contributed by atoms with Gasteiger partial charge in [-0.05, 0) is 49.4 Å². The smallest absolute Gasteiger partial charge is 0.243 e. The molecule has 220 valence electrons. The predicted octanol–water partition coefficient (Wildman–Crippen LogP) is 5.26. The molecular formula is C33H43N3O4S. The third kappa shape index (κ3) is 10.0. The number of sulfonamides is 1. The van der Waals surface area contributed by atoms with Gasteiger partial charge in [0.05, 0.1) is 11.9 Å². The Balaban J connectivity index is 1.87. The Morgan fingerprint density at radius 1 is 0.829 bits per heavy atom. The van der Waals surface area contributed by atoms with Crippen LogP contribution in [0.4, 0.5) is 5.69 Å². The van der Waals surface area contributed by atoms with Crippen LogP contribution in [0.15, 0.2) is 78.9 Å². The van der Waals surface area contributed by atoms with Crippen LogP contribution in [-0.2, 0) is 32.6 Å². The molecule has 0 unspecified atom stereocenters. The Bertz CT molecular complexity index is 1370. The minimum atomic E-state index is -3.54. The summed E-state index contributed by atoms with van der Waals surface area (Å²) in [6.07, 6.45) is 1.97. The molecule has 3 aromatic carbocycles. The van der Waals surface area contributed by atoms with Crippen molar-refractivity contribution in [2.75, 3.05) is 23.7 Å². The summed E-state index contributed by atoms with van der Waals surface area (Å²) in [6.45, 7) is 8.96. The number of rotatable bonds is 14. The number of benzene rings is 3. The largest absolute Gasteiger partial charge is 0.354 e. The van der Waals surface area contributed by atoms with Crippen molar-refractivity contribution in [1.82, 2.24) is 10.2 Å². The van der Waals surface area contributed by atoms with Gasteiger partial charge in [0.2, 0.25) is 21.8 Å². The van der Waals surface area contributed by atoms with Crippen molar-refractivity contribution in [3.8, 4) is 0 Å². The molecule has 8 heteroatoms. The summed E-state index contributed by atoms with van der Waals surface area (Å²) >= 11 is 0. The molecule has 0 aliphatic carbocycles. The van der Waals surface area contributed by atoms with Crippen molar-refractivity contribution in [2.45, 2.75) is 59.5 Å². The lowest BCUT2D eigenvalue weighted by Gasteiger charge is -2.32. The second-order valence-corrected chi connectivity index (χ2v) is 13.0. The molecule has 0 heterocycles. The second-order valence-electron chi connectivity index (χ2n) is 11.1. The molecule has 0 aromatic heterocycles. The highest BCUT2D eigenvalue weighted by Gasteiger charge is 2.30. The lowest BCUT2D eigenvalue weighted by Crippen LogP contribution is -2.51. The van der Waals surface area contributed by atoms with Crippen molar-refractivity contribution in [1.29, 1.82) is 0 Å². The van der Waals surface area contributed by atoms with E-state index in [2.05, 4.69) is 5.32 Å². The van der Waals surface area contributed by atoms with Crippen LogP contribution in [0.3, 0.4) is 0 Å². The maximum Gasteiger partial charge on any atom is 0.243 e. The van der Waals surface area contributed by atoms with Gasteiger partial charge in [0.25, 0.3) is 0 Å². The Labute approximate surface area is 245 Å². The van der Waals surface area contributed by atoms with Crippen LogP contribution < -0.4 is 9.62 Å². The van der Waals surface area contributed by atoms with Crippen molar-refractivity contribution < 1.29 is 18.0 Å². The molecule has 2 amide bonds. The van der Waals surface area contributed by atoms with Gasteiger partial charge in [0, 0.05) is 32.5 Å². The van der Waals surface area contributed by atoms with Gasteiger partial charge in [-0.2, -0.15) is 0 Å². The van der Waals surface area contributed by atoms with E-state index in [1.165, 1.54) is 10.6 Å². The molecule has 0 saturated carbocycles. The average Bonchev–Trinajstić information content (AvgIpc) is 2.93. The molecule has 3 rings (SSSR count). The van der Waals surface area contributed by atoms with Crippen molar-refractivity contribution in [3.05, 3.63) is 101 Å². The maximum absolute atomic E-state index is 13.9. The van der Waals surface area contributed by atoms with Gasteiger partial charge < -0.3 is 10.2 Å². The molecule has 1 N–H and O–H groups in total. The number of nitrogens with zero attached hydrogens (tertiary/aromatic N) is 2. The molecular weight excluding hydrogens is 534 g/mol. The van der Waals surface area contributed by atoms with Crippen LogP contribution in [0.25, 0.3) is 0 Å². The minimum Gasteiger partial charge on any atom is -0.354 e. The van der Waals surface area contributed by atoms with Crippen LogP contribution in [0.5, 0.6) is 0 Å². The Morgan fingerprint density at radius 2 is 1.41 bits per heavy atom. The fraction of sp³-hybridized carbons (Fsp3) is 0.394. The zero-order valence-corrected chi connectivity index (χ0v) is 25.7. The van der Waals surface area contributed by atoms with E-state index in [0.717, 1.165) is 22.3 Å². The molecule has 3 aromatic rings. The molecule has 0 aliphatic rings. The topological polar surface area (TPSA) is 86.8 Å². The second kappa shape index (κ2) is 14.8. The lowest BCUT2D eigenvalue weighted by atomic mass is 10.0.